The van der Waals surface area contributed by atoms with Crippen molar-refractivity contribution in [3.05, 3.63) is 53.7 Å². The number of nitrogens with zero attached hydrogens (tertiary/aromatic N) is 3. The van der Waals surface area contributed by atoms with Crippen LogP contribution in [0.5, 0.6) is 5.75 Å². The molecule has 8 heteroatoms. The molecule has 0 spiro atoms. The Balaban J connectivity index is 1.75. The van der Waals surface area contributed by atoms with Gasteiger partial charge in [0.05, 0.1) is 24.5 Å². The molecule has 0 saturated carbocycles. The SMILES string of the molecule is CC[C@@H](NC(=O)Nc1cc(C)nn1-c1ccc(OC)cc1)c1ncc(C)[nH]1. The number of benzene rings is 1. The second kappa shape index (κ2) is 7.94. The molecule has 0 aliphatic heterocycles. The van der Waals surface area contributed by atoms with E-state index in [9.17, 15) is 4.79 Å². The standard InChI is InChI=1S/C19H24N6O2/c1-5-16(18-20-11-13(3)21-18)22-19(26)23-17-10-12(2)24-25(17)14-6-8-15(27-4)9-7-14/h6-11,16H,5H2,1-4H3,(H,20,21)(H2,22,23,26)/t16-/m1/s1. The number of ether oxygens (including phenoxy) is 1. The van der Waals surface area contributed by atoms with Crippen molar-refractivity contribution < 1.29 is 9.53 Å². The van der Waals surface area contributed by atoms with Gasteiger partial charge in [0.1, 0.15) is 17.4 Å². The van der Waals surface area contributed by atoms with Crippen LogP contribution >= 0.6 is 0 Å². The summed E-state index contributed by atoms with van der Waals surface area (Å²) in [6.07, 6.45) is 2.47. The molecule has 2 heterocycles. The molecular formula is C19H24N6O2. The van der Waals surface area contributed by atoms with Gasteiger partial charge in [-0.2, -0.15) is 5.10 Å². The number of H-pyrrole nitrogens is 1. The monoisotopic (exact) mass is 368 g/mol. The van der Waals surface area contributed by atoms with Crippen LogP contribution in [0.3, 0.4) is 0 Å². The first-order valence-electron chi connectivity index (χ1n) is 8.80. The van der Waals surface area contributed by atoms with Crippen molar-refractivity contribution >= 4 is 11.8 Å². The lowest BCUT2D eigenvalue weighted by molar-refractivity contribution is 0.247. The highest BCUT2D eigenvalue weighted by Crippen LogP contribution is 2.20. The molecule has 3 rings (SSSR count). The molecule has 2 aromatic heterocycles. The van der Waals surface area contributed by atoms with Gasteiger partial charge in [0, 0.05) is 18.0 Å². The Labute approximate surface area is 158 Å². The Bertz CT molecular complexity index is 913. The number of amides is 2. The Morgan fingerprint density at radius 2 is 2.04 bits per heavy atom. The van der Waals surface area contributed by atoms with Crippen LogP contribution in [0.25, 0.3) is 5.69 Å². The molecule has 142 valence electrons. The third kappa shape index (κ3) is 4.28. The number of nitrogens with one attached hydrogen (secondary N) is 3. The van der Waals surface area contributed by atoms with E-state index in [1.54, 1.807) is 18.0 Å². The molecule has 0 radical (unpaired) electrons. The molecule has 27 heavy (non-hydrogen) atoms. The topological polar surface area (TPSA) is 96.9 Å². The Morgan fingerprint density at radius 1 is 1.30 bits per heavy atom. The number of urea groups is 1. The second-order valence-electron chi connectivity index (χ2n) is 6.29. The lowest BCUT2D eigenvalue weighted by Crippen LogP contribution is -2.33. The number of anilines is 1. The minimum atomic E-state index is -0.314. The fourth-order valence-electron chi connectivity index (χ4n) is 2.79. The zero-order valence-electron chi connectivity index (χ0n) is 15.9. The highest BCUT2D eigenvalue weighted by molar-refractivity contribution is 5.89. The van der Waals surface area contributed by atoms with Crippen LogP contribution in [0, 0.1) is 13.8 Å². The first kappa shape index (κ1) is 18.5. The predicted octanol–water partition coefficient (Wildman–Crippen LogP) is 3.49. The quantitative estimate of drug-likeness (QED) is 0.620. The van der Waals surface area contributed by atoms with E-state index in [1.807, 2.05) is 51.1 Å². The van der Waals surface area contributed by atoms with Crippen LogP contribution < -0.4 is 15.4 Å². The fraction of sp³-hybridized carbons (Fsp3) is 0.316. The number of hydrogen-bond acceptors (Lipinski definition) is 4. The number of aromatic nitrogens is 4. The van der Waals surface area contributed by atoms with Crippen molar-refractivity contribution in [3.63, 3.8) is 0 Å². The third-order valence-electron chi connectivity index (χ3n) is 4.16. The van der Waals surface area contributed by atoms with Gasteiger partial charge in [0.15, 0.2) is 0 Å². The predicted molar refractivity (Wildman–Crippen MR) is 103 cm³/mol. The molecule has 1 atom stereocenters. The second-order valence-corrected chi connectivity index (χ2v) is 6.29. The Morgan fingerprint density at radius 3 is 2.63 bits per heavy atom. The molecule has 0 bridgehead atoms. The minimum Gasteiger partial charge on any atom is -0.497 e. The zero-order chi connectivity index (χ0) is 19.4. The van der Waals surface area contributed by atoms with Crippen molar-refractivity contribution in [2.45, 2.75) is 33.2 Å². The summed E-state index contributed by atoms with van der Waals surface area (Å²) in [4.78, 5) is 20.0. The van der Waals surface area contributed by atoms with Crippen LogP contribution in [0.4, 0.5) is 10.6 Å². The smallest absolute Gasteiger partial charge is 0.320 e. The van der Waals surface area contributed by atoms with E-state index in [2.05, 4.69) is 25.7 Å². The largest absolute Gasteiger partial charge is 0.497 e. The van der Waals surface area contributed by atoms with E-state index in [0.29, 0.717) is 5.82 Å². The van der Waals surface area contributed by atoms with Gasteiger partial charge < -0.3 is 15.0 Å². The number of carbonyl (C=O) groups excluding carboxylic acids is 1. The highest BCUT2D eigenvalue weighted by atomic mass is 16.5. The van der Waals surface area contributed by atoms with Crippen LogP contribution in [-0.2, 0) is 0 Å². The van der Waals surface area contributed by atoms with Gasteiger partial charge in [-0.05, 0) is 44.5 Å². The van der Waals surface area contributed by atoms with Gasteiger partial charge in [-0.15, -0.1) is 0 Å². The lowest BCUT2D eigenvalue weighted by Gasteiger charge is -2.16. The summed E-state index contributed by atoms with van der Waals surface area (Å²) in [5, 5.41) is 10.3. The van der Waals surface area contributed by atoms with Crippen molar-refractivity contribution in [2.75, 3.05) is 12.4 Å². The normalized spacial score (nSPS) is 11.9. The number of imidazole rings is 1. The fourth-order valence-corrected chi connectivity index (χ4v) is 2.79. The van der Waals surface area contributed by atoms with Crippen molar-refractivity contribution in [1.82, 2.24) is 25.1 Å². The summed E-state index contributed by atoms with van der Waals surface area (Å²) < 4.78 is 6.87. The number of hydrogen-bond donors (Lipinski definition) is 3. The van der Waals surface area contributed by atoms with Gasteiger partial charge in [0.2, 0.25) is 0 Å². The number of carbonyl (C=O) groups is 1. The maximum Gasteiger partial charge on any atom is 0.320 e. The molecule has 0 aliphatic rings. The molecule has 3 aromatic rings. The molecular weight excluding hydrogens is 344 g/mol. The Hall–Kier alpha value is -3.29. The molecule has 0 fully saturated rings. The van der Waals surface area contributed by atoms with Gasteiger partial charge in [0.25, 0.3) is 0 Å². The number of methoxy groups -OCH3 is 1. The Kier molecular flexibility index (Phi) is 5.44. The first-order chi connectivity index (χ1) is 13.0. The summed E-state index contributed by atoms with van der Waals surface area (Å²) in [7, 11) is 1.62. The average Bonchev–Trinajstić information content (AvgIpc) is 3.25. The first-order valence-corrected chi connectivity index (χ1v) is 8.80. The zero-order valence-corrected chi connectivity index (χ0v) is 15.9. The third-order valence-corrected chi connectivity index (χ3v) is 4.16. The van der Waals surface area contributed by atoms with E-state index < -0.39 is 0 Å². The summed E-state index contributed by atoms with van der Waals surface area (Å²) in [6, 6.07) is 8.78. The lowest BCUT2D eigenvalue weighted by atomic mass is 10.2. The van der Waals surface area contributed by atoms with Crippen LogP contribution in [0.1, 0.15) is 36.6 Å². The van der Waals surface area contributed by atoms with Gasteiger partial charge in [-0.1, -0.05) is 6.92 Å². The molecule has 2 amide bonds. The van der Waals surface area contributed by atoms with Gasteiger partial charge in [-0.3, -0.25) is 5.32 Å². The molecule has 1 aromatic carbocycles. The van der Waals surface area contributed by atoms with Gasteiger partial charge >= 0.3 is 6.03 Å². The van der Waals surface area contributed by atoms with Crippen molar-refractivity contribution in [1.29, 1.82) is 0 Å². The van der Waals surface area contributed by atoms with E-state index in [0.717, 1.165) is 35.1 Å². The minimum absolute atomic E-state index is 0.197. The van der Waals surface area contributed by atoms with E-state index in [1.165, 1.54) is 0 Å². The van der Waals surface area contributed by atoms with E-state index in [4.69, 9.17) is 4.74 Å². The van der Waals surface area contributed by atoms with Crippen molar-refractivity contribution in [2.24, 2.45) is 0 Å². The van der Waals surface area contributed by atoms with Crippen LogP contribution in [-0.4, -0.2) is 32.9 Å². The highest BCUT2D eigenvalue weighted by Gasteiger charge is 2.17. The summed E-state index contributed by atoms with van der Waals surface area (Å²) in [6.45, 7) is 5.80. The molecule has 8 nitrogen and oxygen atoms in total. The maximum absolute atomic E-state index is 12.5. The molecule has 0 aliphatic carbocycles. The summed E-state index contributed by atoms with van der Waals surface area (Å²) in [5.74, 6) is 2.08. The summed E-state index contributed by atoms with van der Waals surface area (Å²) >= 11 is 0. The molecule has 0 saturated heterocycles. The van der Waals surface area contributed by atoms with Gasteiger partial charge in [-0.25, -0.2) is 14.5 Å². The van der Waals surface area contributed by atoms with E-state index in [-0.39, 0.29) is 12.1 Å². The van der Waals surface area contributed by atoms with Crippen LogP contribution in [0.15, 0.2) is 36.5 Å². The number of aryl methyl sites for hydroxylation is 2. The van der Waals surface area contributed by atoms with Crippen LogP contribution in [0.2, 0.25) is 0 Å². The molecule has 3 N–H and O–H groups in total. The average molecular weight is 368 g/mol. The number of aromatic amines is 1. The number of rotatable bonds is 6. The maximum atomic E-state index is 12.5. The van der Waals surface area contributed by atoms with E-state index >= 15 is 0 Å². The molecule has 0 unspecified atom stereocenters. The van der Waals surface area contributed by atoms with Crippen molar-refractivity contribution in [3.8, 4) is 11.4 Å². The summed E-state index contributed by atoms with van der Waals surface area (Å²) in [5.41, 5.74) is 2.58.